The van der Waals surface area contributed by atoms with Gasteiger partial charge in [0, 0.05) is 4.75 Å². The number of thioether (sulfide) groups is 1. The zero-order valence-electron chi connectivity index (χ0n) is 12.2. The number of ketones is 1. The van der Waals surface area contributed by atoms with Crippen LogP contribution in [0.5, 0.6) is 5.75 Å². The average molecular weight is 290 g/mol. The topological polar surface area (TPSA) is 26.3 Å². The van der Waals surface area contributed by atoms with E-state index in [1.54, 1.807) is 7.11 Å². The first kappa shape index (κ1) is 14.0. The number of hydrogen-bond acceptors (Lipinski definition) is 3. The number of benzene rings is 1. The summed E-state index contributed by atoms with van der Waals surface area (Å²) in [5.74, 6) is 1.35. The third-order valence-corrected chi connectivity index (χ3v) is 6.47. The molecule has 2 aliphatic rings. The van der Waals surface area contributed by atoms with Crippen molar-refractivity contribution in [1.29, 1.82) is 0 Å². The third kappa shape index (κ3) is 2.26. The normalized spacial score (nSPS) is 28.8. The Balaban J connectivity index is 1.96. The van der Waals surface area contributed by atoms with Gasteiger partial charge in [-0.05, 0) is 37.5 Å². The summed E-state index contributed by atoms with van der Waals surface area (Å²) in [6, 6.07) is 8.12. The zero-order chi connectivity index (χ0) is 14.2. The van der Waals surface area contributed by atoms with Crippen LogP contribution in [0.25, 0.3) is 0 Å². The van der Waals surface area contributed by atoms with Crippen molar-refractivity contribution < 1.29 is 9.53 Å². The highest BCUT2D eigenvalue weighted by molar-refractivity contribution is 8.02. The van der Waals surface area contributed by atoms with Gasteiger partial charge in [-0.1, -0.05) is 31.4 Å². The van der Waals surface area contributed by atoms with E-state index < -0.39 is 0 Å². The van der Waals surface area contributed by atoms with E-state index in [4.69, 9.17) is 4.74 Å². The van der Waals surface area contributed by atoms with Crippen molar-refractivity contribution in [2.24, 2.45) is 0 Å². The first-order valence-corrected chi connectivity index (χ1v) is 8.40. The van der Waals surface area contributed by atoms with Crippen molar-refractivity contribution in [1.82, 2.24) is 0 Å². The molecule has 0 N–H and O–H groups in total. The molecule has 20 heavy (non-hydrogen) atoms. The van der Waals surface area contributed by atoms with Gasteiger partial charge in [0.2, 0.25) is 0 Å². The molecule has 2 nitrogen and oxygen atoms in total. The minimum atomic E-state index is 0.0775. The van der Waals surface area contributed by atoms with Crippen molar-refractivity contribution in [3.8, 4) is 5.75 Å². The predicted octanol–water partition coefficient (Wildman–Crippen LogP) is 4.19. The van der Waals surface area contributed by atoms with Crippen LogP contribution >= 0.6 is 11.8 Å². The minimum absolute atomic E-state index is 0.0775. The Morgan fingerprint density at radius 2 is 1.80 bits per heavy atom. The van der Waals surface area contributed by atoms with E-state index in [0.29, 0.717) is 5.78 Å². The van der Waals surface area contributed by atoms with Crippen LogP contribution in [0.4, 0.5) is 0 Å². The maximum Gasteiger partial charge on any atom is 0.154 e. The van der Waals surface area contributed by atoms with Crippen LogP contribution in [0.3, 0.4) is 0 Å². The second-order valence-electron chi connectivity index (χ2n) is 5.99. The molecule has 2 unspecified atom stereocenters. The molecule has 1 aliphatic heterocycles. The Bertz CT molecular complexity index is 488. The molecule has 0 radical (unpaired) electrons. The lowest BCUT2D eigenvalue weighted by Gasteiger charge is -2.37. The Morgan fingerprint density at radius 1 is 1.15 bits per heavy atom. The highest BCUT2D eigenvalue weighted by Gasteiger charge is 2.52. The lowest BCUT2D eigenvalue weighted by atomic mass is 9.74. The lowest BCUT2D eigenvalue weighted by Crippen LogP contribution is -2.34. The van der Waals surface area contributed by atoms with Crippen molar-refractivity contribution in [2.45, 2.75) is 54.9 Å². The third-order valence-electron chi connectivity index (χ3n) is 4.77. The van der Waals surface area contributed by atoms with Crippen molar-refractivity contribution in [3.05, 3.63) is 29.8 Å². The van der Waals surface area contributed by atoms with E-state index in [0.717, 1.165) is 5.75 Å². The number of hydrogen-bond donors (Lipinski definition) is 0. The summed E-state index contributed by atoms with van der Waals surface area (Å²) >= 11 is 1.93. The number of Topliss-reactive ketones (excluding diaryl/α,β-unsaturated/α-hetero) is 1. The smallest absolute Gasteiger partial charge is 0.154 e. The summed E-state index contributed by atoms with van der Waals surface area (Å²) in [6.45, 7) is 2.08. The maximum absolute atomic E-state index is 12.7. The van der Waals surface area contributed by atoms with Crippen molar-refractivity contribution >= 4 is 17.5 Å². The Hall–Kier alpha value is -0.960. The molecule has 0 aromatic heterocycles. The minimum Gasteiger partial charge on any atom is -0.497 e. The van der Waals surface area contributed by atoms with E-state index in [-0.39, 0.29) is 15.9 Å². The van der Waals surface area contributed by atoms with Gasteiger partial charge in [-0.2, -0.15) is 0 Å². The van der Waals surface area contributed by atoms with Gasteiger partial charge in [-0.3, -0.25) is 4.79 Å². The summed E-state index contributed by atoms with van der Waals surface area (Å²) in [5.41, 5.74) is 1.18. The van der Waals surface area contributed by atoms with Crippen molar-refractivity contribution in [3.63, 3.8) is 0 Å². The predicted molar refractivity (Wildman–Crippen MR) is 83.6 cm³/mol. The van der Waals surface area contributed by atoms with Gasteiger partial charge in [0.05, 0.1) is 18.3 Å². The molecule has 3 rings (SSSR count). The van der Waals surface area contributed by atoms with Gasteiger partial charge in [0.1, 0.15) is 5.75 Å². The first-order chi connectivity index (χ1) is 9.66. The molecular weight excluding hydrogens is 268 g/mol. The standard InChI is InChI=1S/C17H22O2S/c1-12-16(18)15(13-6-8-14(19-2)9-7-13)17(20-12)10-4-3-5-11-17/h6-9,12,15H,3-5,10-11H2,1-2H3. The van der Waals surface area contributed by atoms with E-state index in [2.05, 4.69) is 19.1 Å². The Kier molecular flexibility index (Phi) is 3.80. The summed E-state index contributed by atoms with van der Waals surface area (Å²) in [4.78, 5) is 12.7. The molecule has 2 fully saturated rings. The molecule has 1 aliphatic carbocycles. The fraction of sp³-hybridized carbons (Fsp3) is 0.588. The quantitative estimate of drug-likeness (QED) is 0.817. The molecule has 1 saturated heterocycles. The van der Waals surface area contributed by atoms with E-state index in [1.807, 2.05) is 23.9 Å². The number of carbonyl (C=O) groups is 1. The molecule has 0 bridgehead atoms. The Morgan fingerprint density at radius 3 is 2.40 bits per heavy atom. The van der Waals surface area contributed by atoms with Crippen LogP contribution in [0, 0.1) is 0 Å². The molecule has 1 spiro atoms. The SMILES string of the molecule is COc1ccc(C2C(=O)C(C)SC23CCCCC3)cc1. The second kappa shape index (κ2) is 5.44. The second-order valence-corrected chi connectivity index (χ2v) is 7.75. The lowest BCUT2D eigenvalue weighted by molar-refractivity contribution is -0.119. The van der Waals surface area contributed by atoms with Gasteiger partial charge >= 0.3 is 0 Å². The van der Waals surface area contributed by atoms with Gasteiger partial charge < -0.3 is 4.74 Å². The van der Waals surface area contributed by atoms with Crippen LogP contribution in [-0.2, 0) is 4.79 Å². The number of rotatable bonds is 2. The number of ether oxygens (including phenoxy) is 1. The zero-order valence-corrected chi connectivity index (χ0v) is 13.0. The first-order valence-electron chi connectivity index (χ1n) is 7.52. The molecule has 3 heteroatoms. The van der Waals surface area contributed by atoms with Gasteiger partial charge in [0.15, 0.2) is 5.78 Å². The maximum atomic E-state index is 12.7. The monoisotopic (exact) mass is 290 g/mol. The molecule has 2 atom stereocenters. The van der Waals surface area contributed by atoms with Crippen LogP contribution in [0.1, 0.15) is 50.5 Å². The molecule has 1 aromatic carbocycles. The van der Waals surface area contributed by atoms with Crippen LogP contribution in [0.15, 0.2) is 24.3 Å². The van der Waals surface area contributed by atoms with E-state index in [9.17, 15) is 4.79 Å². The summed E-state index contributed by atoms with van der Waals surface area (Å²) in [6.07, 6.45) is 6.22. The Labute approximate surface area is 125 Å². The van der Waals surface area contributed by atoms with Gasteiger partial charge in [-0.25, -0.2) is 0 Å². The molecule has 0 amide bonds. The fourth-order valence-corrected chi connectivity index (χ4v) is 5.66. The number of methoxy groups -OCH3 is 1. The molecule has 1 saturated carbocycles. The van der Waals surface area contributed by atoms with Crippen LogP contribution in [-0.4, -0.2) is 22.9 Å². The average Bonchev–Trinajstić information content (AvgIpc) is 2.71. The van der Waals surface area contributed by atoms with Crippen LogP contribution in [0.2, 0.25) is 0 Å². The highest BCUT2D eigenvalue weighted by atomic mass is 32.2. The van der Waals surface area contributed by atoms with Gasteiger partial charge in [-0.15, -0.1) is 11.8 Å². The van der Waals surface area contributed by atoms with Crippen LogP contribution < -0.4 is 4.74 Å². The molecule has 1 aromatic rings. The van der Waals surface area contributed by atoms with E-state index in [1.165, 1.54) is 37.7 Å². The van der Waals surface area contributed by atoms with Gasteiger partial charge in [0.25, 0.3) is 0 Å². The van der Waals surface area contributed by atoms with Crippen molar-refractivity contribution in [2.75, 3.05) is 7.11 Å². The molecule has 108 valence electrons. The molecular formula is C17H22O2S. The summed E-state index contributed by atoms with van der Waals surface area (Å²) in [7, 11) is 1.68. The fourth-order valence-electron chi connectivity index (χ4n) is 3.79. The number of carbonyl (C=O) groups excluding carboxylic acids is 1. The van der Waals surface area contributed by atoms with E-state index >= 15 is 0 Å². The summed E-state index contributed by atoms with van der Waals surface area (Å²) < 4.78 is 5.38. The summed E-state index contributed by atoms with van der Waals surface area (Å²) in [5, 5.41) is 0.139. The largest absolute Gasteiger partial charge is 0.497 e. The molecule has 1 heterocycles. The highest BCUT2D eigenvalue weighted by Crippen LogP contribution is 2.57.